The summed E-state index contributed by atoms with van der Waals surface area (Å²) in [7, 11) is 1.56. The molecule has 2 N–H and O–H groups in total. The predicted molar refractivity (Wildman–Crippen MR) is 65.3 cm³/mol. The predicted octanol–water partition coefficient (Wildman–Crippen LogP) is 2.54. The van der Waals surface area contributed by atoms with Gasteiger partial charge in [-0.05, 0) is 18.6 Å². The summed E-state index contributed by atoms with van der Waals surface area (Å²) in [6, 6.07) is 4.30. The number of ether oxygens (including phenoxy) is 1. The van der Waals surface area contributed by atoms with E-state index >= 15 is 0 Å². The highest BCUT2D eigenvalue weighted by molar-refractivity contribution is 6.44. The molecule has 1 atom stereocenters. The minimum atomic E-state index is -0.615. The number of benzene rings is 1. The van der Waals surface area contributed by atoms with Gasteiger partial charge in [-0.1, -0.05) is 29.3 Å². The Labute approximate surface area is 104 Å². The van der Waals surface area contributed by atoms with Gasteiger partial charge in [0.25, 0.3) is 0 Å². The summed E-state index contributed by atoms with van der Waals surface area (Å²) in [6.45, 7) is 0.436. The van der Waals surface area contributed by atoms with Crippen molar-refractivity contribution in [2.75, 3.05) is 13.7 Å². The van der Waals surface area contributed by atoms with Crippen molar-refractivity contribution in [2.45, 2.75) is 12.5 Å². The van der Waals surface area contributed by atoms with Gasteiger partial charge in [0.1, 0.15) is 0 Å². The smallest absolute Gasteiger partial charge is 0.181 e. The highest BCUT2D eigenvalue weighted by Gasteiger charge is 2.19. The Morgan fingerprint density at radius 3 is 2.81 bits per heavy atom. The molecule has 1 aromatic rings. The lowest BCUT2D eigenvalue weighted by atomic mass is 10.0. The third-order valence-corrected chi connectivity index (χ3v) is 3.01. The van der Waals surface area contributed by atoms with E-state index in [2.05, 4.69) is 0 Å². The number of nitrogens with two attached hydrogens (primary N) is 1. The van der Waals surface area contributed by atoms with Crippen molar-refractivity contribution in [2.24, 2.45) is 5.73 Å². The molecule has 88 valence electrons. The lowest BCUT2D eigenvalue weighted by molar-refractivity contribution is 0.0935. The minimum Gasteiger partial charge on any atom is -0.385 e. The van der Waals surface area contributed by atoms with Crippen LogP contribution in [0.5, 0.6) is 0 Å². The van der Waals surface area contributed by atoms with Crippen molar-refractivity contribution in [3.63, 3.8) is 0 Å². The molecule has 1 rings (SSSR count). The number of carbonyl (C=O) groups is 1. The highest BCUT2D eigenvalue weighted by Crippen LogP contribution is 2.26. The van der Waals surface area contributed by atoms with Crippen molar-refractivity contribution in [3.8, 4) is 0 Å². The normalized spacial score (nSPS) is 12.5. The van der Waals surface area contributed by atoms with Gasteiger partial charge in [0.2, 0.25) is 0 Å². The Morgan fingerprint density at radius 1 is 1.50 bits per heavy atom. The quantitative estimate of drug-likeness (QED) is 0.829. The van der Waals surface area contributed by atoms with Crippen LogP contribution >= 0.6 is 23.2 Å². The molecule has 5 heteroatoms. The number of rotatable bonds is 5. The lowest BCUT2D eigenvalue weighted by Crippen LogP contribution is -2.31. The first kappa shape index (κ1) is 13.5. The van der Waals surface area contributed by atoms with E-state index in [-0.39, 0.29) is 10.8 Å². The Kier molecular flexibility index (Phi) is 5.22. The van der Waals surface area contributed by atoms with E-state index in [1.807, 2.05) is 0 Å². The summed E-state index contributed by atoms with van der Waals surface area (Å²) in [5.41, 5.74) is 6.08. The summed E-state index contributed by atoms with van der Waals surface area (Å²) in [6.07, 6.45) is 0.457. The SMILES string of the molecule is COCCC(N)C(=O)c1cccc(Cl)c1Cl. The first-order chi connectivity index (χ1) is 7.57. The van der Waals surface area contributed by atoms with Crippen LogP contribution in [0.3, 0.4) is 0 Å². The first-order valence-electron chi connectivity index (χ1n) is 4.80. The molecule has 0 fully saturated rings. The van der Waals surface area contributed by atoms with Crippen LogP contribution in [0.1, 0.15) is 16.8 Å². The Morgan fingerprint density at radius 2 is 2.19 bits per heavy atom. The fraction of sp³-hybridized carbons (Fsp3) is 0.364. The molecule has 0 saturated heterocycles. The van der Waals surface area contributed by atoms with Gasteiger partial charge in [-0.2, -0.15) is 0 Å². The molecule has 3 nitrogen and oxygen atoms in total. The minimum absolute atomic E-state index is 0.218. The monoisotopic (exact) mass is 261 g/mol. The molecule has 0 saturated carbocycles. The van der Waals surface area contributed by atoms with Crippen LogP contribution in [0.4, 0.5) is 0 Å². The van der Waals surface area contributed by atoms with Crippen molar-refractivity contribution >= 4 is 29.0 Å². The summed E-state index contributed by atoms with van der Waals surface area (Å²) >= 11 is 11.7. The van der Waals surface area contributed by atoms with E-state index in [0.717, 1.165) is 0 Å². The van der Waals surface area contributed by atoms with Gasteiger partial charge < -0.3 is 10.5 Å². The molecule has 0 aliphatic rings. The van der Waals surface area contributed by atoms with Crippen molar-refractivity contribution in [1.82, 2.24) is 0 Å². The molecule has 0 bridgehead atoms. The molecule has 0 amide bonds. The van der Waals surface area contributed by atoms with Crippen LogP contribution in [0.2, 0.25) is 10.0 Å². The van der Waals surface area contributed by atoms with Crippen LogP contribution in [0.25, 0.3) is 0 Å². The van der Waals surface area contributed by atoms with E-state index in [1.54, 1.807) is 25.3 Å². The zero-order valence-electron chi connectivity index (χ0n) is 8.87. The molecule has 1 aromatic carbocycles. The summed E-state index contributed by atoms with van der Waals surface area (Å²) < 4.78 is 4.86. The van der Waals surface area contributed by atoms with Crippen molar-refractivity contribution < 1.29 is 9.53 Å². The topological polar surface area (TPSA) is 52.3 Å². The van der Waals surface area contributed by atoms with Crippen LogP contribution in [-0.2, 0) is 4.74 Å². The molecule has 0 aromatic heterocycles. The van der Waals surface area contributed by atoms with E-state index in [4.69, 9.17) is 33.7 Å². The maximum absolute atomic E-state index is 11.9. The average Bonchev–Trinajstić information content (AvgIpc) is 2.28. The first-order valence-corrected chi connectivity index (χ1v) is 5.56. The molecule has 0 heterocycles. The van der Waals surface area contributed by atoms with E-state index < -0.39 is 6.04 Å². The molecule has 0 aliphatic carbocycles. The third kappa shape index (κ3) is 3.19. The zero-order valence-corrected chi connectivity index (χ0v) is 10.4. The van der Waals surface area contributed by atoms with Crippen LogP contribution in [0, 0.1) is 0 Å². The molecular formula is C11H13Cl2NO2. The van der Waals surface area contributed by atoms with Crippen LogP contribution < -0.4 is 5.73 Å². The van der Waals surface area contributed by atoms with Gasteiger partial charge in [0.05, 0.1) is 16.1 Å². The Hall–Kier alpha value is -0.610. The number of halogens is 2. The number of methoxy groups -OCH3 is 1. The zero-order chi connectivity index (χ0) is 12.1. The molecular weight excluding hydrogens is 249 g/mol. The highest BCUT2D eigenvalue weighted by atomic mass is 35.5. The number of carbonyl (C=O) groups excluding carboxylic acids is 1. The second-order valence-electron chi connectivity index (χ2n) is 3.35. The average molecular weight is 262 g/mol. The molecule has 0 radical (unpaired) electrons. The largest absolute Gasteiger partial charge is 0.385 e. The second-order valence-corrected chi connectivity index (χ2v) is 4.14. The number of hydrogen-bond acceptors (Lipinski definition) is 3. The summed E-state index contributed by atoms with van der Waals surface area (Å²) in [5.74, 6) is -0.218. The number of Topliss-reactive ketones (excluding diaryl/α,β-unsaturated/α-hetero) is 1. The van der Waals surface area contributed by atoms with Crippen molar-refractivity contribution in [1.29, 1.82) is 0 Å². The van der Waals surface area contributed by atoms with Crippen molar-refractivity contribution in [3.05, 3.63) is 33.8 Å². The fourth-order valence-electron chi connectivity index (χ4n) is 1.27. The van der Waals surface area contributed by atoms with Crippen LogP contribution in [0.15, 0.2) is 18.2 Å². The summed E-state index contributed by atoms with van der Waals surface area (Å²) in [5, 5.41) is 0.605. The Bertz CT molecular complexity index is 382. The van der Waals surface area contributed by atoms with E-state index in [0.29, 0.717) is 23.6 Å². The molecule has 0 aliphatic heterocycles. The van der Waals surface area contributed by atoms with Gasteiger partial charge in [-0.3, -0.25) is 4.79 Å². The van der Waals surface area contributed by atoms with Gasteiger partial charge >= 0.3 is 0 Å². The maximum Gasteiger partial charge on any atom is 0.181 e. The second kappa shape index (κ2) is 6.21. The van der Waals surface area contributed by atoms with Gasteiger partial charge in [-0.25, -0.2) is 0 Å². The summed E-state index contributed by atoms with van der Waals surface area (Å²) in [4.78, 5) is 11.9. The molecule has 16 heavy (non-hydrogen) atoms. The third-order valence-electron chi connectivity index (χ3n) is 2.19. The van der Waals surface area contributed by atoms with Gasteiger partial charge in [0, 0.05) is 19.3 Å². The maximum atomic E-state index is 11.9. The fourth-order valence-corrected chi connectivity index (χ4v) is 1.66. The number of hydrogen-bond donors (Lipinski definition) is 1. The number of ketones is 1. The van der Waals surface area contributed by atoms with Gasteiger partial charge in [-0.15, -0.1) is 0 Å². The standard InChI is InChI=1S/C11H13Cl2NO2/c1-16-6-5-9(14)11(15)7-3-2-4-8(12)10(7)13/h2-4,9H,5-6,14H2,1H3. The van der Waals surface area contributed by atoms with E-state index in [9.17, 15) is 4.79 Å². The van der Waals surface area contributed by atoms with E-state index in [1.165, 1.54) is 0 Å². The lowest BCUT2D eigenvalue weighted by Gasteiger charge is -2.11. The van der Waals surface area contributed by atoms with Crippen LogP contribution in [-0.4, -0.2) is 25.5 Å². The molecule has 1 unspecified atom stereocenters. The van der Waals surface area contributed by atoms with Gasteiger partial charge in [0.15, 0.2) is 5.78 Å². The Balaban J connectivity index is 2.84. The molecule has 0 spiro atoms.